The van der Waals surface area contributed by atoms with Crippen LogP contribution in [-0.2, 0) is 20.7 Å². The number of aromatic nitrogens is 4. The summed E-state index contributed by atoms with van der Waals surface area (Å²) < 4.78 is 5.37. The number of anilines is 1. The molecule has 14 nitrogen and oxygen atoms in total. The predicted octanol–water partition coefficient (Wildman–Crippen LogP) is 5.97. The van der Waals surface area contributed by atoms with Crippen molar-refractivity contribution in [2.45, 2.75) is 97.2 Å². The van der Waals surface area contributed by atoms with Gasteiger partial charge < -0.3 is 30.9 Å². The number of hydrogen-bond acceptors (Lipinski definition) is 9. The highest BCUT2D eigenvalue weighted by Gasteiger charge is 2.30. The Bertz CT molecular complexity index is 2030. The molecule has 6 rings (SSSR count). The molecule has 1 aromatic heterocycles. The number of amides is 4. The second-order valence-corrected chi connectivity index (χ2v) is 16.9. The molecule has 0 radical (unpaired) electrons. The fourth-order valence-corrected chi connectivity index (χ4v) is 7.65. The molecule has 2 fully saturated rings. The average Bonchev–Trinajstić information content (AvgIpc) is 3.74. The monoisotopic (exact) mass is 791 g/mol. The zero-order valence-corrected chi connectivity index (χ0v) is 34.5. The zero-order chi connectivity index (χ0) is 41.4. The van der Waals surface area contributed by atoms with Gasteiger partial charge in [0.25, 0.3) is 5.91 Å². The summed E-state index contributed by atoms with van der Waals surface area (Å²) in [6.07, 6.45) is 4.56. The van der Waals surface area contributed by atoms with Crippen molar-refractivity contribution in [3.8, 4) is 22.5 Å². The SMILES string of the molecule is Cc1cc(C(=O)NC2CCN(C)CC2)cc(-c2ccc(C[C@H](NC(=O)[C@H]3CC[C@H](CNC(=O)OC(C)(C)C)CC3)C(=O)Nc3ccc(-c4nn[nH]n4)cc3)cc2)c1C. The first-order chi connectivity index (χ1) is 27.7. The summed E-state index contributed by atoms with van der Waals surface area (Å²) in [5, 5.41) is 26.2. The quantitative estimate of drug-likeness (QED) is 0.115. The minimum atomic E-state index is -0.850. The normalized spacial score (nSPS) is 18.2. The summed E-state index contributed by atoms with van der Waals surface area (Å²) in [6, 6.07) is 18.3. The van der Waals surface area contributed by atoms with Gasteiger partial charge in [-0.1, -0.05) is 24.3 Å². The second-order valence-electron chi connectivity index (χ2n) is 16.9. The van der Waals surface area contributed by atoms with Gasteiger partial charge in [0.15, 0.2) is 0 Å². The number of hydrogen-bond donors (Lipinski definition) is 5. The third-order valence-electron chi connectivity index (χ3n) is 11.2. The maximum atomic E-state index is 13.9. The van der Waals surface area contributed by atoms with Crippen LogP contribution in [0.2, 0.25) is 0 Å². The molecule has 0 unspecified atom stereocenters. The summed E-state index contributed by atoms with van der Waals surface area (Å²) in [6.45, 7) is 12.0. The number of carbonyl (C=O) groups excluding carboxylic acids is 4. The van der Waals surface area contributed by atoms with Crippen LogP contribution in [0.15, 0.2) is 60.7 Å². The van der Waals surface area contributed by atoms with Gasteiger partial charge in [-0.15, -0.1) is 10.2 Å². The van der Waals surface area contributed by atoms with Gasteiger partial charge in [-0.3, -0.25) is 14.4 Å². The van der Waals surface area contributed by atoms with Gasteiger partial charge >= 0.3 is 6.09 Å². The Labute approximate surface area is 340 Å². The number of piperidine rings is 1. The lowest BCUT2D eigenvalue weighted by molar-refractivity contribution is -0.130. The van der Waals surface area contributed by atoms with E-state index < -0.39 is 17.7 Å². The van der Waals surface area contributed by atoms with E-state index in [4.69, 9.17) is 4.74 Å². The molecule has 308 valence electrons. The Kier molecular flexibility index (Phi) is 13.6. The molecule has 0 bridgehead atoms. The van der Waals surface area contributed by atoms with Crippen LogP contribution < -0.4 is 21.3 Å². The zero-order valence-electron chi connectivity index (χ0n) is 34.5. The van der Waals surface area contributed by atoms with Gasteiger partial charge in [-0.2, -0.15) is 5.21 Å². The highest BCUT2D eigenvalue weighted by molar-refractivity contribution is 5.98. The number of likely N-dealkylation sites (tertiary alicyclic amines) is 1. The molecule has 4 aromatic rings. The predicted molar refractivity (Wildman–Crippen MR) is 223 cm³/mol. The smallest absolute Gasteiger partial charge is 0.407 e. The molecule has 1 aliphatic carbocycles. The van der Waals surface area contributed by atoms with E-state index in [9.17, 15) is 19.2 Å². The number of H-pyrrole nitrogens is 1. The fraction of sp³-hybridized carbons (Fsp3) is 0.477. The van der Waals surface area contributed by atoms with E-state index >= 15 is 0 Å². The van der Waals surface area contributed by atoms with E-state index in [0.717, 1.165) is 72.2 Å². The van der Waals surface area contributed by atoms with E-state index in [2.05, 4.69) is 60.8 Å². The number of carbonyl (C=O) groups is 4. The van der Waals surface area contributed by atoms with E-state index in [1.165, 1.54) is 0 Å². The van der Waals surface area contributed by atoms with Gasteiger partial charge in [-0.25, -0.2) is 4.79 Å². The van der Waals surface area contributed by atoms with E-state index in [0.29, 0.717) is 36.5 Å². The Morgan fingerprint density at radius 2 is 1.57 bits per heavy atom. The van der Waals surface area contributed by atoms with Gasteiger partial charge in [-0.05, 0) is 169 Å². The Morgan fingerprint density at radius 3 is 2.21 bits per heavy atom. The maximum absolute atomic E-state index is 13.9. The molecule has 58 heavy (non-hydrogen) atoms. The molecule has 4 amide bonds. The summed E-state index contributed by atoms with van der Waals surface area (Å²) in [5.74, 6) is -0.129. The molecule has 1 saturated heterocycles. The molecule has 0 spiro atoms. The fourth-order valence-electron chi connectivity index (χ4n) is 7.65. The summed E-state index contributed by atoms with van der Waals surface area (Å²) in [7, 11) is 2.10. The van der Waals surface area contributed by atoms with Crippen molar-refractivity contribution < 1.29 is 23.9 Å². The first-order valence-corrected chi connectivity index (χ1v) is 20.3. The number of aryl methyl sites for hydroxylation is 1. The van der Waals surface area contributed by atoms with Crippen LogP contribution >= 0.6 is 0 Å². The van der Waals surface area contributed by atoms with Gasteiger partial charge in [0.05, 0.1) is 0 Å². The molecule has 14 heteroatoms. The number of tetrazole rings is 1. The van der Waals surface area contributed by atoms with Crippen molar-refractivity contribution >= 4 is 29.5 Å². The number of nitrogens with one attached hydrogen (secondary N) is 5. The Morgan fingerprint density at radius 1 is 0.897 bits per heavy atom. The van der Waals surface area contributed by atoms with E-state index in [1.807, 2.05) is 64.1 Å². The largest absolute Gasteiger partial charge is 0.444 e. The number of nitrogens with zero attached hydrogens (tertiary/aromatic N) is 4. The van der Waals surface area contributed by atoms with Crippen molar-refractivity contribution in [1.82, 2.24) is 41.5 Å². The van der Waals surface area contributed by atoms with E-state index in [-0.39, 0.29) is 42.0 Å². The van der Waals surface area contributed by atoms with Crippen LogP contribution in [0.25, 0.3) is 22.5 Å². The molecule has 5 N–H and O–H groups in total. The van der Waals surface area contributed by atoms with Crippen molar-refractivity contribution in [2.24, 2.45) is 11.8 Å². The molecule has 1 aliphatic heterocycles. The molecule has 2 heterocycles. The molecular formula is C44H57N9O5. The number of alkyl carbamates (subject to hydrolysis) is 1. The first-order valence-electron chi connectivity index (χ1n) is 20.3. The molecule has 1 atom stereocenters. The number of rotatable bonds is 12. The highest BCUT2D eigenvalue weighted by atomic mass is 16.6. The highest BCUT2D eigenvalue weighted by Crippen LogP contribution is 2.30. The summed E-state index contributed by atoms with van der Waals surface area (Å²) in [4.78, 5) is 55.5. The minimum Gasteiger partial charge on any atom is -0.444 e. The van der Waals surface area contributed by atoms with Crippen LogP contribution in [0.4, 0.5) is 10.5 Å². The number of ether oxygens (including phenoxy) is 1. The molecular weight excluding hydrogens is 735 g/mol. The molecule has 1 saturated carbocycles. The standard InChI is InChI=1S/C44H57N9O5/c1-27-23-34(41(55)46-36-19-21-53(6)22-20-36)25-37(28(27)2)31-11-7-29(8-12-31)24-38(42(56)47-35-17-15-32(16-18-35)39-49-51-52-50-39)48-40(54)33-13-9-30(10-14-33)26-45-43(57)58-44(3,4)5/h7-8,11-12,15-18,23,25,30,33,36,38H,9-10,13-14,19-22,24,26H2,1-6H3,(H,45,57)(H,46,55)(H,47,56)(H,48,54)(H,49,50,51,52)/t30-,33-,38-/m0/s1. The summed E-state index contributed by atoms with van der Waals surface area (Å²) >= 11 is 0. The van der Waals surface area contributed by atoms with Crippen molar-refractivity contribution in [3.63, 3.8) is 0 Å². The number of aromatic amines is 1. The van der Waals surface area contributed by atoms with Crippen LogP contribution in [0, 0.1) is 25.7 Å². The first kappa shape index (κ1) is 42.0. The number of benzene rings is 3. The lowest BCUT2D eigenvalue weighted by atomic mass is 9.81. The van der Waals surface area contributed by atoms with Crippen LogP contribution in [-0.4, -0.2) is 93.7 Å². The van der Waals surface area contributed by atoms with Crippen molar-refractivity contribution in [1.29, 1.82) is 0 Å². The molecule has 3 aromatic carbocycles. The molecule has 2 aliphatic rings. The topological polar surface area (TPSA) is 183 Å². The van der Waals surface area contributed by atoms with Gasteiger partial charge in [0.2, 0.25) is 17.6 Å². The third-order valence-corrected chi connectivity index (χ3v) is 11.2. The van der Waals surface area contributed by atoms with Crippen molar-refractivity contribution in [2.75, 3.05) is 32.0 Å². The summed E-state index contributed by atoms with van der Waals surface area (Å²) in [5.41, 5.74) is 6.31. The second kappa shape index (κ2) is 18.8. The Balaban J connectivity index is 1.13. The van der Waals surface area contributed by atoms with Gasteiger partial charge in [0, 0.05) is 41.7 Å². The lowest BCUT2D eigenvalue weighted by Crippen LogP contribution is -2.48. The van der Waals surface area contributed by atoms with Crippen LogP contribution in [0.1, 0.15) is 86.3 Å². The van der Waals surface area contributed by atoms with E-state index in [1.54, 1.807) is 24.3 Å². The van der Waals surface area contributed by atoms with Gasteiger partial charge in [0.1, 0.15) is 11.6 Å². The average molecular weight is 792 g/mol. The Hall–Kier alpha value is -5.63. The third kappa shape index (κ3) is 11.5. The van der Waals surface area contributed by atoms with Crippen LogP contribution in [0.5, 0.6) is 0 Å². The minimum absolute atomic E-state index is 0.0597. The van der Waals surface area contributed by atoms with Crippen molar-refractivity contribution in [3.05, 3.63) is 82.9 Å². The lowest BCUT2D eigenvalue weighted by Gasteiger charge is -2.29. The maximum Gasteiger partial charge on any atom is 0.407 e. The van der Waals surface area contributed by atoms with Crippen LogP contribution in [0.3, 0.4) is 0 Å².